The van der Waals surface area contributed by atoms with Crippen LogP contribution in [0.4, 0.5) is 5.69 Å². The summed E-state index contributed by atoms with van der Waals surface area (Å²) in [6.07, 6.45) is 1.95. The van der Waals surface area contributed by atoms with Crippen LogP contribution in [0.1, 0.15) is 22.3 Å². The van der Waals surface area contributed by atoms with Gasteiger partial charge in [-0.2, -0.15) is 0 Å². The van der Waals surface area contributed by atoms with Gasteiger partial charge in [0.25, 0.3) is 0 Å². The van der Waals surface area contributed by atoms with Gasteiger partial charge in [0.05, 0.1) is 0 Å². The molecule has 0 aliphatic carbocycles. The highest BCUT2D eigenvalue weighted by Gasteiger charge is 2.16. The number of nitrogens with two attached hydrogens (primary N) is 1. The van der Waals surface area contributed by atoms with Crippen LogP contribution in [0.3, 0.4) is 0 Å². The number of piperazine rings is 1. The number of nitrogens with zero attached hydrogens (tertiary/aromatic N) is 2. The first-order valence-corrected chi connectivity index (χ1v) is 8.64. The van der Waals surface area contributed by atoms with Gasteiger partial charge < -0.3 is 10.6 Å². The summed E-state index contributed by atoms with van der Waals surface area (Å²) in [6, 6.07) is 18.3. The average Bonchev–Trinajstić information content (AvgIpc) is 2.63. The molecule has 1 aliphatic rings. The van der Waals surface area contributed by atoms with E-state index < -0.39 is 0 Å². The Labute approximate surface area is 143 Å². The zero-order chi connectivity index (χ0) is 16.8. The molecule has 3 rings (SSSR count). The summed E-state index contributed by atoms with van der Waals surface area (Å²) >= 11 is 0. The minimum absolute atomic E-state index is 0.331. The number of para-hydroxylation sites is 1. The summed E-state index contributed by atoms with van der Waals surface area (Å²) in [7, 11) is 0. The monoisotopic (exact) mass is 323 g/mol. The second-order valence-corrected chi connectivity index (χ2v) is 6.29. The number of rotatable bonds is 6. The minimum Gasteiger partial charge on any atom is -0.369 e. The van der Waals surface area contributed by atoms with E-state index in [1.165, 1.54) is 5.69 Å². The first-order chi connectivity index (χ1) is 11.7. The highest BCUT2D eigenvalue weighted by atomic mass is 16.1. The summed E-state index contributed by atoms with van der Waals surface area (Å²) in [6.45, 7) is 5.39. The van der Waals surface area contributed by atoms with E-state index >= 15 is 0 Å². The van der Waals surface area contributed by atoms with Gasteiger partial charge in [-0.25, -0.2) is 0 Å². The van der Waals surface area contributed by atoms with Gasteiger partial charge in [0.15, 0.2) is 0 Å². The Bertz CT molecular complexity index is 664. The lowest BCUT2D eigenvalue weighted by atomic mass is 10.0. The van der Waals surface area contributed by atoms with Crippen molar-refractivity contribution < 1.29 is 4.79 Å². The van der Waals surface area contributed by atoms with Crippen molar-refractivity contribution in [2.45, 2.75) is 12.8 Å². The number of aryl methyl sites for hydroxylation is 1. The molecule has 1 fully saturated rings. The molecule has 1 aliphatic heterocycles. The van der Waals surface area contributed by atoms with Crippen LogP contribution in [-0.2, 0) is 6.42 Å². The molecule has 0 saturated carbocycles. The molecule has 126 valence electrons. The smallest absolute Gasteiger partial charge is 0.248 e. The Kier molecular flexibility index (Phi) is 5.49. The first kappa shape index (κ1) is 16.5. The van der Waals surface area contributed by atoms with E-state index in [9.17, 15) is 4.79 Å². The summed E-state index contributed by atoms with van der Waals surface area (Å²) in [5, 5.41) is 0. The molecule has 1 heterocycles. The van der Waals surface area contributed by atoms with E-state index in [0.717, 1.165) is 51.1 Å². The topological polar surface area (TPSA) is 49.6 Å². The molecule has 4 nitrogen and oxygen atoms in total. The summed E-state index contributed by atoms with van der Waals surface area (Å²) in [5.41, 5.74) is 8.48. The summed E-state index contributed by atoms with van der Waals surface area (Å²) in [5.74, 6) is -0.331. The summed E-state index contributed by atoms with van der Waals surface area (Å²) in [4.78, 5) is 16.4. The van der Waals surface area contributed by atoms with Crippen molar-refractivity contribution in [3.05, 3.63) is 65.7 Å². The zero-order valence-electron chi connectivity index (χ0n) is 14.0. The van der Waals surface area contributed by atoms with E-state index in [-0.39, 0.29) is 5.91 Å². The number of anilines is 1. The predicted octanol–water partition coefficient (Wildman–Crippen LogP) is 2.54. The molecular weight excluding hydrogens is 298 g/mol. The maximum atomic E-state index is 11.5. The molecule has 4 heteroatoms. The standard InChI is InChI=1S/C20H25N3O/c21-20(24)19-11-5-4-7-17(19)8-6-12-22-13-15-23(16-14-22)18-9-2-1-3-10-18/h1-5,7,9-11H,6,8,12-16H2,(H2,21,24). The van der Waals surface area contributed by atoms with Crippen LogP contribution in [0.2, 0.25) is 0 Å². The lowest BCUT2D eigenvalue weighted by Gasteiger charge is -2.36. The molecule has 0 unspecified atom stereocenters. The normalized spacial score (nSPS) is 15.4. The highest BCUT2D eigenvalue weighted by Crippen LogP contribution is 2.16. The second kappa shape index (κ2) is 7.97. The van der Waals surface area contributed by atoms with Crippen LogP contribution in [0.25, 0.3) is 0 Å². The second-order valence-electron chi connectivity index (χ2n) is 6.29. The zero-order valence-corrected chi connectivity index (χ0v) is 14.0. The van der Waals surface area contributed by atoms with E-state index in [1.54, 1.807) is 0 Å². The molecule has 0 atom stereocenters. The highest BCUT2D eigenvalue weighted by molar-refractivity contribution is 5.94. The Morgan fingerprint density at radius 1 is 0.917 bits per heavy atom. The van der Waals surface area contributed by atoms with Gasteiger partial charge in [-0.3, -0.25) is 9.69 Å². The Hall–Kier alpha value is -2.33. The number of primary amides is 1. The molecular formula is C20H25N3O. The van der Waals surface area contributed by atoms with Gasteiger partial charge in [0.1, 0.15) is 0 Å². The van der Waals surface area contributed by atoms with Crippen molar-refractivity contribution in [3.63, 3.8) is 0 Å². The van der Waals surface area contributed by atoms with E-state index in [1.807, 2.05) is 24.3 Å². The number of hydrogen-bond donors (Lipinski definition) is 1. The molecule has 1 saturated heterocycles. The van der Waals surface area contributed by atoms with Crippen LogP contribution < -0.4 is 10.6 Å². The van der Waals surface area contributed by atoms with E-state index in [4.69, 9.17) is 5.73 Å². The fraction of sp³-hybridized carbons (Fsp3) is 0.350. The van der Waals surface area contributed by atoms with Gasteiger partial charge in [-0.05, 0) is 43.1 Å². The van der Waals surface area contributed by atoms with E-state index in [2.05, 4.69) is 40.1 Å². The van der Waals surface area contributed by atoms with Crippen LogP contribution >= 0.6 is 0 Å². The number of amides is 1. The third-order valence-electron chi connectivity index (χ3n) is 4.70. The molecule has 0 bridgehead atoms. The third-order valence-corrected chi connectivity index (χ3v) is 4.70. The molecule has 2 aromatic carbocycles. The van der Waals surface area contributed by atoms with Gasteiger partial charge in [0.2, 0.25) is 5.91 Å². The van der Waals surface area contributed by atoms with Gasteiger partial charge in [-0.1, -0.05) is 36.4 Å². The average molecular weight is 323 g/mol. The quantitative estimate of drug-likeness (QED) is 0.889. The van der Waals surface area contributed by atoms with Crippen molar-refractivity contribution in [3.8, 4) is 0 Å². The van der Waals surface area contributed by atoms with Gasteiger partial charge >= 0.3 is 0 Å². The first-order valence-electron chi connectivity index (χ1n) is 8.64. The molecule has 0 aromatic heterocycles. The Morgan fingerprint density at radius 3 is 2.29 bits per heavy atom. The fourth-order valence-electron chi connectivity index (χ4n) is 3.34. The van der Waals surface area contributed by atoms with Crippen molar-refractivity contribution in [2.75, 3.05) is 37.6 Å². The summed E-state index contributed by atoms with van der Waals surface area (Å²) < 4.78 is 0. The van der Waals surface area contributed by atoms with Crippen molar-refractivity contribution in [1.29, 1.82) is 0 Å². The molecule has 2 aromatic rings. The van der Waals surface area contributed by atoms with Crippen molar-refractivity contribution in [2.24, 2.45) is 5.73 Å². The van der Waals surface area contributed by atoms with Gasteiger partial charge in [0, 0.05) is 37.4 Å². The van der Waals surface area contributed by atoms with Gasteiger partial charge in [-0.15, -0.1) is 0 Å². The number of carbonyl (C=O) groups is 1. The van der Waals surface area contributed by atoms with Crippen LogP contribution in [0.5, 0.6) is 0 Å². The fourth-order valence-corrected chi connectivity index (χ4v) is 3.34. The Balaban J connectivity index is 1.45. The van der Waals surface area contributed by atoms with Crippen molar-refractivity contribution >= 4 is 11.6 Å². The number of carbonyl (C=O) groups excluding carboxylic acids is 1. The predicted molar refractivity (Wildman–Crippen MR) is 98.4 cm³/mol. The Morgan fingerprint density at radius 2 is 1.58 bits per heavy atom. The maximum Gasteiger partial charge on any atom is 0.248 e. The SMILES string of the molecule is NC(=O)c1ccccc1CCCN1CCN(c2ccccc2)CC1. The molecule has 2 N–H and O–H groups in total. The lowest BCUT2D eigenvalue weighted by molar-refractivity contribution is 0.0999. The maximum absolute atomic E-state index is 11.5. The molecule has 1 amide bonds. The van der Waals surface area contributed by atoms with E-state index in [0.29, 0.717) is 5.56 Å². The minimum atomic E-state index is -0.331. The molecule has 0 spiro atoms. The van der Waals surface area contributed by atoms with Crippen LogP contribution in [-0.4, -0.2) is 43.5 Å². The molecule has 0 radical (unpaired) electrons. The molecule has 24 heavy (non-hydrogen) atoms. The number of hydrogen-bond acceptors (Lipinski definition) is 3. The number of benzene rings is 2. The lowest BCUT2D eigenvalue weighted by Crippen LogP contribution is -2.46. The van der Waals surface area contributed by atoms with Crippen molar-refractivity contribution in [1.82, 2.24) is 4.90 Å². The van der Waals surface area contributed by atoms with Crippen LogP contribution in [0, 0.1) is 0 Å². The largest absolute Gasteiger partial charge is 0.369 e. The van der Waals surface area contributed by atoms with Crippen LogP contribution in [0.15, 0.2) is 54.6 Å². The third kappa shape index (κ3) is 4.15.